The van der Waals surface area contributed by atoms with Crippen molar-refractivity contribution in [2.45, 2.75) is 39.3 Å². The maximum absolute atomic E-state index is 13.8. The van der Waals surface area contributed by atoms with Gasteiger partial charge in [-0.25, -0.2) is 4.79 Å². The Hall–Kier alpha value is -4.38. The number of hydrogen-bond acceptors (Lipinski definition) is 3. The van der Waals surface area contributed by atoms with Crippen LogP contribution in [0.4, 0.5) is 4.79 Å². The smallest absolute Gasteiger partial charge is 0.410 e. The molecule has 0 saturated heterocycles. The van der Waals surface area contributed by atoms with Gasteiger partial charge in [-0.05, 0) is 71.9 Å². The molecule has 2 amide bonds. The minimum Gasteiger partial charge on any atom is -0.444 e. The number of fused-ring (bicyclic) bond motifs is 1. The van der Waals surface area contributed by atoms with E-state index in [2.05, 4.69) is 47.8 Å². The van der Waals surface area contributed by atoms with E-state index in [0.29, 0.717) is 25.1 Å². The lowest BCUT2D eigenvalue weighted by Gasteiger charge is -2.32. The molecule has 0 fully saturated rings. The van der Waals surface area contributed by atoms with Crippen molar-refractivity contribution in [1.82, 2.24) is 10.2 Å². The highest BCUT2D eigenvalue weighted by molar-refractivity contribution is 6.03. The van der Waals surface area contributed by atoms with Crippen molar-refractivity contribution in [3.63, 3.8) is 0 Å². The largest absolute Gasteiger partial charge is 0.444 e. The predicted molar refractivity (Wildman–Crippen MR) is 157 cm³/mol. The van der Waals surface area contributed by atoms with Crippen LogP contribution in [0.2, 0.25) is 0 Å². The van der Waals surface area contributed by atoms with E-state index < -0.39 is 11.7 Å². The molecule has 5 heteroatoms. The molecule has 0 saturated carbocycles. The van der Waals surface area contributed by atoms with Crippen LogP contribution < -0.4 is 5.32 Å². The summed E-state index contributed by atoms with van der Waals surface area (Å²) in [6.07, 6.45) is 0.160. The molecule has 0 aliphatic carbocycles. The first-order chi connectivity index (χ1) is 18.8. The maximum Gasteiger partial charge on any atom is 0.410 e. The van der Waals surface area contributed by atoms with Gasteiger partial charge in [-0.2, -0.15) is 0 Å². The number of carbonyl (C=O) groups excluding carboxylic acids is 2. The maximum atomic E-state index is 13.8. The molecule has 0 unspecified atom stereocenters. The van der Waals surface area contributed by atoms with Crippen molar-refractivity contribution in [2.24, 2.45) is 0 Å². The van der Waals surface area contributed by atoms with E-state index in [-0.39, 0.29) is 12.5 Å². The summed E-state index contributed by atoms with van der Waals surface area (Å²) in [7, 11) is 0. The van der Waals surface area contributed by atoms with Gasteiger partial charge >= 0.3 is 6.09 Å². The lowest BCUT2D eigenvalue weighted by atomic mass is 9.91. The van der Waals surface area contributed by atoms with Gasteiger partial charge in [-0.15, -0.1) is 0 Å². The fraction of sp³-hybridized carbons (Fsp3) is 0.235. The number of ether oxygens (including phenoxy) is 1. The van der Waals surface area contributed by atoms with Gasteiger partial charge in [0, 0.05) is 18.7 Å². The molecular formula is C34H34N2O3. The standard InChI is InChI=1S/C34H34N2O3/c1-34(2,3)39-33(38)36-20-19-30(27-16-10-15-26(21-27)24-11-5-4-6-12-24)31(23-36)32(37)35-22-28-17-9-14-25-13-7-8-18-29(25)28/h4-18,21H,19-20,22-23H2,1-3H3,(H,35,37). The topological polar surface area (TPSA) is 58.6 Å². The quantitative estimate of drug-likeness (QED) is 0.303. The molecule has 4 aromatic rings. The summed E-state index contributed by atoms with van der Waals surface area (Å²) < 4.78 is 5.63. The summed E-state index contributed by atoms with van der Waals surface area (Å²) >= 11 is 0. The van der Waals surface area contributed by atoms with Crippen LogP contribution in [0.25, 0.3) is 27.5 Å². The Labute approximate surface area is 230 Å². The molecule has 0 aromatic heterocycles. The Bertz CT molecular complexity index is 1530. The lowest BCUT2D eigenvalue weighted by Crippen LogP contribution is -2.43. The Morgan fingerprint density at radius 3 is 2.28 bits per heavy atom. The van der Waals surface area contributed by atoms with Gasteiger partial charge in [0.25, 0.3) is 0 Å². The first kappa shape index (κ1) is 26.2. The molecular weight excluding hydrogens is 484 g/mol. The first-order valence-corrected chi connectivity index (χ1v) is 13.4. The van der Waals surface area contributed by atoms with Crippen molar-refractivity contribution >= 4 is 28.3 Å². The Kier molecular flexibility index (Phi) is 7.51. The molecule has 1 N–H and O–H groups in total. The van der Waals surface area contributed by atoms with Crippen LogP contribution >= 0.6 is 0 Å². The number of hydrogen-bond donors (Lipinski definition) is 1. The molecule has 1 heterocycles. The monoisotopic (exact) mass is 518 g/mol. The van der Waals surface area contributed by atoms with Crippen LogP contribution in [0.3, 0.4) is 0 Å². The van der Waals surface area contributed by atoms with E-state index in [1.807, 2.05) is 75.4 Å². The second-order valence-electron chi connectivity index (χ2n) is 10.9. The minimum atomic E-state index is -0.609. The summed E-state index contributed by atoms with van der Waals surface area (Å²) in [6, 6.07) is 32.8. The number of amides is 2. The molecule has 0 radical (unpaired) electrons. The molecule has 198 valence electrons. The molecule has 39 heavy (non-hydrogen) atoms. The Morgan fingerprint density at radius 1 is 0.821 bits per heavy atom. The van der Waals surface area contributed by atoms with Crippen LogP contribution in [0.5, 0.6) is 0 Å². The number of nitrogens with zero attached hydrogens (tertiary/aromatic N) is 1. The normalized spacial score (nSPS) is 13.9. The lowest BCUT2D eigenvalue weighted by molar-refractivity contribution is -0.117. The average molecular weight is 519 g/mol. The van der Waals surface area contributed by atoms with Crippen molar-refractivity contribution in [1.29, 1.82) is 0 Å². The van der Waals surface area contributed by atoms with Gasteiger partial charge in [0.05, 0.1) is 6.54 Å². The molecule has 1 aliphatic rings. The van der Waals surface area contributed by atoms with E-state index in [0.717, 1.165) is 38.6 Å². The number of benzene rings is 4. The SMILES string of the molecule is CC(C)(C)OC(=O)N1CCC(c2cccc(-c3ccccc3)c2)=C(C(=O)NCc2cccc3ccccc23)C1. The number of rotatable bonds is 5. The van der Waals surface area contributed by atoms with E-state index in [9.17, 15) is 9.59 Å². The third-order valence-electron chi connectivity index (χ3n) is 6.91. The molecule has 4 aromatic carbocycles. The summed E-state index contributed by atoms with van der Waals surface area (Å²) in [4.78, 5) is 28.3. The second kappa shape index (κ2) is 11.2. The van der Waals surface area contributed by atoms with E-state index in [4.69, 9.17) is 4.74 Å². The Morgan fingerprint density at radius 2 is 1.49 bits per heavy atom. The van der Waals surface area contributed by atoms with Gasteiger partial charge in [0.15, 0.2) is 0 Å². The predicted octanol–water partition coefficient (Wildman–Crippen LogP) is 7.22. The summed E-state index contributed by atoms with van der Waals surface area (Å²) in [5, 5.41) is 5.39. The zero-order valence-corrected chi connectivity index (χ0v) is 22.7. The highest BCUT2D eigenvalue weighted by Crippen LogP contribution is 2.31. The van der Waals surface area contributed by atoms with E-state index in [1.165, 1.54) is 0 Å². The molecule has 1 aliphatic heterocycles. The summed E-state index contributed by atoms with van der Waals surface area (Å²) in [5.41, 5.74) is 5.20. The minimum absolute atomic E-state index is 0.170. The van der Waals surface area contributed by atoms with Crippen molar-refractivity contribution < 1.29 is 14.3 Å². The summed E-state index contributed by atoms with van der Waals surface area (Å²) in [5.74, 6) is -0.170. The fourth-order valence-electron chi connectivity index (χ4n) is 5.02. The van der Waals surface area contributed by atoms with Gasteiger partial charge < -0.3 is 15.0 Å². The highest BCUT2D eigenvalue weighted by atomic mass is 16.6. The average Bonchev–Trinajstić information content (AvgIpc) is 2.95. The number of carbonyl (C=O) groups is 2. The zero-order valence-electron chi connectivity index (χ0n) is 22.7. The van der Waals surface area contributed by atoms with Crippen LogP contribution in [-0.4, -0.2) is 35.6 Å². The van der Waals surface area contributed by atoms with E-state index in [1.54, 1.807) is 4.90 Å². The second-order valence-corrected chi connectivity index (χ2v) is 10.9. The fourth-order valence-corrected chi connectivity index (χ4v) is 5.02. The van der Waals surface area contributed by atoms with Crippen molar-refractivity contribution in [2.75, 3.05) is 13.1 Å². The highest BCUT2D eigenvalue weighted by Gasteiger charge is 2.30. The third-order valence-corrected chi connectivity index (χ3v) is 6.91. The first-order valence-electron chi connectivity index (χ1n) is 13.4. The van der Waals surface area contributed by atoms with E-state index >= 15 is 0 Å². The van der Waals surface area contributed by atoms with Crippen molar-refractivity contribution in [3.05, 3.63) is 114 Å². The molecule has 0 bridgehead atoms. The molecule has 5 nitrogen and oxygen atoms in total. The Balaban J connectivity index is 1.47. The summed E-state index contributed by atoms with van der Waals surface area (Å²) in [6.45, 7) is 6.63. The van der Waals surface area contributed by atoms with Crippen LogP contribution in [0.1, 0.15) is 38.3 Å². The third kappa shape index (κ3) is 6.20. The van der Waals surface area contributed by atoms with Gasteiger partial charge in [0.2, 0.25) is 5.91 Å². The van der Waals surface area contributed by atoms with Gasteiger partial charge in [-0.1, -0.05) is 91.0 Å². The van der Waals surface area contributed by atoms with Crippen molar-refractivity contribution in [3.8, 4) is 11.1 Å². The van der Waals surface area contributed by atoms with Crippen LogP contribution in [0.15, 0.2) is 103 Å². The number of nitrogens with one attached hydrogen (secondary N) is 1. The van der Waals surface area contributed by atoms with Crippen LogP contribution in [0, 0.1) is 0 Å². The molecule has 5 rings (SSSR count). The molecule has 0 atom stereocenters. The molecule has 0 spiro atoms. The van der Waals surface area contributed by atoms with Gasteiger partial charge in [-0.3, -0.25) is 4.79 Å². The van der Waals surface area contributed by atoms with Gasteiger partial charge in [0.1, 0.15) is 5.60 Å². The van der Waals surface area contributed by atoms with Crippen LogP contribution in [-0.2, 0) is 16.1 Å². The zero-order chi connectivity index (χ0) is 27.4.